The van der Waals surface area contributed by atoms with Crippen molar-refractivity contribution in [1.82, 2.24) is 10.2 Å². The second-order valence-corrected chi connectivity index (χ2v) is 4.67. The van der Waals surface area contributed by atoms with Crippen LogP contribution in [0.3, 0.4) is 0 Å². The maximum Gasteiger partial charge on any atom is 0.273 e. The Kier molecular flexibility index (Phi) is 4.15. The maximum absolute atomic E-state index is 11.9. The summed E-state index contributed by atoms with van der Waals surface area (Å²) in [6.07, 6.45) is 5.55. The van der Waals surface area contributed by atoms with Crippen molar-refractivity contribution in [2.75, 3.05) is 19.8 Å². The van der Waals surface area contributed by atoms with E-state index in [2.05, 4.69) is 17.0 Å². The van der Waals surface area contributed by atoms with E-state index >= 15 is 0 Å². The molecule has 0 unspecified atom stereocenters. The summed E-state index contributed by atoms with van der Waals surface area (Å²) in [4.78, 5) is 17.6. The van der Waals surface area contributed by atoms with Crippen LogP contribution in [0.5, 0.6) is 0 Å². The topological polar surface area (TPSA) is 53.9 Å². The lowest BCUT2D eigenvalue weighted by Crippen LogP contribution is -2.40. The fraction of sp³-hybridized carbons (Fsp3) is 0.538. The molecule has 5 heteroatoms. The lowest BCUT2D eigenvalue weighted by atomic mass is 9.99. The van der Waals surface area contributed by atoms with Crippen LogP contribution in [-0.2, 0) is 9.53 Å². The van der Waals surface area contributed by atoms with Crippen LogP contribution in [0.2, 0.25) is 0 Å². The molecule has 2 aliphatic heterocycles. The summed E-state index contributed by atoms with van der Waals surface area (Å²) >= 11 is 0. The minimum absolute atomic E-state index is 0.116. The zero-order chi connectivity index (χ0) is 13.0. The maximum atomic E-state index is 11.9. The summed E-state index contributed by atoms with van der Waals surface area (Å²) in [5.74, 6) is 0.441. The van der Waals surface area contributed by atoms with Crippen molar-refractivity contribution in [3.8, 4) is 0 Å². The molecule has 0 aromatic heterocycles. The summed E-state index contributed by atoms with van der Waals surface area (Å²) in [5.41, 5.74) is 1.41. The number of nitrogens with one attached hydrogen (secondary N) is 1. The SMILES string of the molecule is C=N/C=C1/C(=O)NC(C)=CN1CC1CCOCC1. The number of carbonyl (C=O) groups is 1. The molecule has 98 valence electrons. The molecule has 0 aliphatic carbocycles. The highest BCUT2D eigenvalue weighted by Crippen LogP contribution is 2.21. The lowest BCUT2D eigenvalue weighted by Gasteiger charge is -2.32. The Morgan fingerprint density at radius 3 is 3.00 bits per heavy atom. The van der Waals surface area contributed by atoms with Crippen molar-refractivity contribution in [3.05, 3.63) is 23.8 Å². The van der Waals surface area contributed by atoms with Crippen LogP contribution < -0.4 is 5.32 Å². The van der Waals surface area contributed by atoms with Crippen LogP contribution in [0.15, 0.2) is 28.8 Å². The van der Waals surface area contributed by atoms with Crippen molar-refractivity contribution in [2.45, 2.75) is 19.8 Å². The van der Waals surface area contributed by atoms with Gasteiger partial charge in [-0.3, -0.25) is 9.79 Å². The molecular weight excluding hydrogens is 230 g/mol. The van der Waals surface area contributed by atoms with Crippen molar-refractivity contribution < 1.29 is 9.53 Å². The molecule has 0 radical (unpaired) electrons. The summed E-state index contributed by atoms with van der Waals surface area (Å²) in [6.45, 7) is 7.75. The first kappa shape index (κ1) is 12.8. The van der Waals surface area contributed by atoms with Gasteiger partial charge in [-0.2, -0.15) is 0 Å². The number of amides is 1. The highest BCUT2D eigenvalue weighted by molar-refractivity contribution is 5.95. The summed E-state index contributed by atoms with van der Waals surface area (Å²) in [7, 11) is 0. The van der Waals surface area contributed by atoms with E-state index in [-0.39, 0.29) is 5.91 Å². The van der Waals surface area contributed by atoms with Gasteiger partial charge in [-0.15, -0.1) is 0 Å². The highest BCUT2D eigenvalue weighted by atomic mass is 16.5. The van der Waals surface area contributed by atoms with E-state index in [1.165, 1.54) is 6.20 Å². The van der Waals surface area contributed by atoms with Gasteiger partial charge < -0.3 is 15.0 Å². The molecule has 1 fully saturated rings. The number of aliphatic imine (C=N–C) groups is 1. The normalized spacial score (nSPS) is 23.8. The number of carbonyl (C=O) groups excluding carboxylic acids is 1. The van der Waals surface area contributed by atoms with Gasteiger partial charge in [0.2, 0.25) is 0 Å². The first-order valence-corrected chi connectivity index (χ1v) is 6.21. The van der Waals surface area contributed by atoms with Gasteiger partial charge in [0.25, 0.3) is 5.91 Å². The van der Waals surface area contributed by atoms with Gasteiger partial charge in [-0.05, 0) is 32.4 Å². The Hall–Kier alpha value is -1.62. The average molecular weight is 249 g/mol. The Balaban J connectivity index is 2.11. The fourth-order valence-corrected chi connectivity index (χ4v) is 2.29. The Morgan fingerprint density at radius 2 is 2.33 bits per heavy atom. The van der Waals surface area contributed by atoms with E-state index in [1.807, 2.05) is 18.0 Å². The first-order chi connectivity index (χ1) is 8.70. The van der Waals surface area contributed by atoms with E-state index in [4.69, 9.17) is 4.74 Å². The van der Waals surface area contributed by atoms with Gasteiger partial charge in [0.15, 0.2) is 0 Å². The molecule has 1 N–H and O–H groups in total. The van der Waals surface area contributed by atoms with Gasteiger partial charge in [0, 0.05) is 31.7 Å². The molecule has 0 saturated carbocycles. The number of allylic oxidation sites excluding steroid dienone is 1. The zero-order valence-electron chi connectivity index (χ0n) is 10.7. The van der Waals surface area contributed by atoms with Crippen molar-refractivity contribution >= 4 is 12.6 Å². The molecule has 1 amide bonds. The largest absolute Gasteiger partial charge is 0.381 e. The molecule has 1 saturated heterocycles. The Labute approximate surface area is 107 Å². The van der Waals surface area contributed by atoms with Gasteiger partial charge in [0.1, 0.15) is 5.70 Å². The van der Waals surface area contributed by atoms with E-state index < -0.39 is 0 Å². The van der Waals surface area contributed by atoms with E-state index in [0.717, 1.165) is 38.3 Å². The minimum Gasteiger partial charge on any atom is -0.381 e. The highest BCUT2D eigenvalue weighted by Gasteiger charge is 2.24. The molecule has 0 aromatic rings. The van der Waals surface area contributed by atoms with E-state index in [9.17, 15) is 4.79 Å². The second kappa shape index (κ2) is 5.82. The molecule has 2 aliphatic rings. The zero-order valence-corrected chi connectivity index (χ0v) is 10.7. The van der Waals surface area contributed by atoms with E-state index in [0.29, 0.717) is 11.6 Å². The second-order valence-electron chi connectivity index (χ2n) is 4.67. The quantitative estimate of drug-likeness (QED) is 0.605. The molecule has 0 spiro atoms. The molecule has 0 aromatic carbocycles. The van der Waals surface area contributed by atoms with Crippen LogP contribution in [0.1, 0.15) is 19.8 Å². The molecule has 2 heterocycles. The lowest BCUT2D eigenvalue weighted by molar-refractivity contribution is -0.118. The smallest absolute Gasteiger partial charge is 0.273 e. The molecule has 0 bridgehead atoms. The Morgan fingerprint density at radius 1 is 1.61 bits per heavy atom. The van der Waals surface area contributed by atoms with Crippen LogP contribution in [-0.4, -0.2) is 37.3 Å². The van der Waals surface area contributed by atoms with Crippen LogP contribution in [0.25, 0.3) is 0 Å². The number of rotatable bonds is 3. The molecule has 2 rings (SSSR count). The number of hydrogen-bond acceptors (Lipinski definition) is 4. The third kappa shape index (κ3) is 2.98. The molecule has 18 heavy (non-hydrogen) atoms. The molecular formula is C13H19N3O2. The summed E-state index contributed by atoms with van der Waals surface area (Å²) in [6, 6.07) is 0. The molecule has 0 atom stereocenters. The van der Waals surface area contributed by atoms with E-state index in [1.54, 1.807) is 0 Å². The standard InChI is InChI=1S/C13H19N3O2/c1-10-8-16(9-11-3-5-18-6-4-11)12(7-14-2)13(17)15-10/h7-8,11H,2-6,9H2,1H3,(H,15,17)/b12-7-. The van der Waals surface area contributed by atoms with Crippen molar-refractivity contribution in [3.63, 3.8) is 0 Å². The summed E-state index contributed by atoms with van der Waals surface area (Å²) in [5, 5.41) is 2.78. The van der Waals surface area contributed by atoms with Crippen molar-refractivity contribution in [2.24, 2.45) is 10.9 Å². The minimum atomic E-state index is -0.116. The fourth-order valence-electron chi connectivity index (χ4n) is 2.29. The average Bonchev–Trinajstić information content (AvgIpc) is 2.35. The third-order valence-electron chi connectivity index (χ3n) is 3.21. The van der Waals surface area contributed by atoms with Crippen LogP contribution in [0, 0.1) is 5.92 Å². The number of nitrogens with zero attached hydrogens (tertiary/aromatic N) is 2. The Bertz CT molecular complexity index is 395. The molecule has 5 nitrogen and oxygen atoms in total. The summed E-state index contributed by atoms with van der Waals surface area (Å²) < 4.78 is 5.35. The predicted octanol–water partition coefficient (Wildman–Crippen LogP) is 1.25. The third-order valence-corrected chi connectivity index (χ3v) is 3.21. The van der Waals surface area contributed by atoms with Crippen LogP contribution >= 0.6 is 0 Å². The number of ether oxygens (including phenoxy) is 1. The first-order valence-electron chi connectivity index (χ1n) is 6.21. The monoisotopic (exact) mass is 249 g/mol. The van der Waals surface area contributed by atoms with Crippen LogP contribution in [0.4, 0.5) is 0 Å². The number of hydrogen-bond donors (Lipinski definition) is 1. The van der Waals surface area contributed by atoms with Crippen molar-refractivity contribution in [1.29, 1.82) is 0 Å². The van der Waals surface area contributed by atoms with Gasteiger partial charge in [0.05, 0.1) is 6.20 Å². The van der Waals surface area contributed by atoms with Gasteiger partial charge in [-0.1, -0.05) is 0 Å². The van der Waals surface area contributed by atoms with Gasteiger partial charge >= 0.3 is 0 Å². The predicted molar refractivity (Wildman–Crippen MR) is 69.8 cm³/mol. The van der Waals surface area contributed by atoms with Gasteiger partial charge in [-0.25, -0.2) is 0 Å².